The SMILES string of the molecule is CC[C@H]1C(OCOC)C2C3CCC(C(C)CCC(=O)OC)[C@@]3(C)[C@@H](C)CC2[C@@]2(C)CC[C@@H](C)C[C@@H]12. The Morgan fingerprint density at radius 3 is 2.43 bits per heavy atom. The Bertz CT molecular complexity index is 737. The fourth-order valence-electron chi connectivity index (χ4n) is 10.5. The van der Waals surface area contributed by atoms with Crippen LogP contribution in [0.2, 0.25) is 0 Å². The molecule has 4 rings (SSSR count). The third-order valence-corrected chi connectivity index (χ3v) is 12.4. The summed E-state index contributed by atoms with van der Waals surface area (Å²) in [6, 6.07) is 0. The molecule has 0 aromatic rings. The van der Waals surface area contributed by atoms with Gasteiger partial charge in [0, 0.05) is 13.5 Å². The van der Waals surface area contributed by atoms with E-state index in [1.54, 1.807) is 7.11 Å². The number of ether oxygens (including phenoxy) is 3. The Hall–Kier alpha value is -0.610. The van der Waals surface area contributed by atoms with Gasteiger partial charge in [-0.2, -0.15) is 0 Å². The minimum atomic E-state index is -0.0649. The molecule has 0 bridgehead atoms. The molecule has 0 saturated heterocycles. The van der Waals surface area contributed by atoms with Gasteiger partial charge in [0.1, 0.15) is 6.79 Å². The van der Waals surface area contributed by atoms with Crippen LogP contribution in [0.15, 0.2) is 0 Å². The van der Waals surface area contributed by atoms with Crippen molar-refractivity contribution in [3.8, 4) is 0 Å². The van der Waals surface area contributed by atoms with Gasteiger partial charge in [-0.25, -0.2) is 0 Å². The molecule has 4 heteroatoms. The van der Waals surface area contributed by atoms with Crippen molar-refractivity contribution >= 4 is 5.97 Å². The van der Waals surface area contributed by atoms with Crippen LogP contribution in [0.3, 0.4) is 0 Å². The van der Waals surface area contributed by atoms with E-state index in [-0.39, 0.29) is 5.97 Å². The second-order valence-electron chi connectivity index (χ2n) is 13.7. The molecular weight excluding hydrogens is 436 g/mol. The molecular formula is C31H54O4. The number of rotatable bonds is 8. The molecule has 4 fully saturated rings. The zero-order valence-corrected chi connectivity index (χ0v) is 24.0. The Labute approximate surface area is 215 Å². The van der Waals surface area contributed by atoms with E-state index in [1.165, 1.54) is 52.1 Å². The van der Waals surface area contributed by atoms with Crippen molar-refractivity contribution in [3.05, 3.63) is 0 Å². The third kappa shape index (κ3) is 4.51. The van der Waals surface area contributed by atoms with Crippen LogP contribution in [0.5, 0.6) is 0 Å². The van der Waals surface area contributed by atoms with E-state index >= 15 is 0 Å². The lowest BCUT2D eigenvalue weighted by atomic mass is 9.39. The Balaban J connectivity index is 1.68. The topological polar surface area (TPSA) is 44.8 Å². The first kappa shape index (κ1) is 27.4. The first-order chi connectivity index (χ1) is 16.6. The van der Waals surface area contributed by atoms with Crippen molar-refractivity contribution in [2.45, 2.75) is 105 Å². The van der Waals surface area contributed by atoms with Crippen LogP contribution in [-0.2, 0) is 19.0 Å². The van der Waals surface area contributed by atoms with Gasteiger partial charge < -0.3 is 14.2 Å². The maximum absolute atomic E-state index is 11.9. The van der Waals surface area contributed by atoms with E-state index in [1.807, 2.05) is 0 Å². The van der Waals surface area contributed by atoms with Gasteiger partial charge in [-0.15, -0.1) is 0 Å². The fourth-order valence-corrected chi connectivity index (χ4v) is 10.5. The first-order valence-electron chi connectivity index (χ1n) is 14.8. The van der Waals surface area contributed by atoms with Crippen LogP contribution >= 0.6 is 0 Å². The molecule has 0 aromatic heterocycles. The molecule has 4 saturated carbocycles. The average molecular weight is 491 g/mol. The number of carbonyl (C=O) groups is 1. The van der Waals surface area contributed by atoms with E-state index in [0.29, 0.717) is 65.7 Å². The van der Waals surface area contributed by atoms with E-state index in [0.717, 1.165) is 24.2 Å². The first-order valence-corrected chi connectivity index (χ1v) is 14.8. The zero-order valence-electron chi connectivity index (χ0n) is 24.0. The second-order valence-corrected chi connectivity index (χ2v) is 13.7. The Morgan fingerprint density at radius 2 is 1.77 bits per heavy atom. The van der Waals surface area contributed by atoms with Crippen molar-refractivity contribution < 1.29 is 19.0 Å². The normalized spacial score (nSPS) is 47.9. The lowest BCUT2D eigenvalue weighted by molar-refractivity contribution is -0.240. The van der Waals surface area contributed by atoms with Gasteiger partial charge >= 0.3 is 5.97 Å². The quantitative estimate of drug-likeness (QED) is 0.263. The lowest BCUT2D eigenvalue weighted by Gasteiger charge is -2.67. The standard InChI is InChI=1S/C31H54O4/c1-9-22-25-16-19(2)14-15-30(25,5)26-17-21(4)31(6)23(20(3)10-13-27(32)34-8)11-12-24(31)28(26)29(22)35-18-33-7/h19-26,28-29H,9-18H2,1-8H3/t19-,20?,21+,22-,23?,24?,25+,26?,28?,29?,30+,31-/m1/s1. The minimum absolute atomic E-state index is 0.0649. The van der Waals surface area contributed by atoms with E-state index < -0.39 is 0 Å². The molecule has 35 heavy (non-hydrogen) atoms. The number of carbonyl (C=O) groups excluding carboxylic acids is 1. The summed E-state index contributed by atoms with van der Waals surface area (Å²) in [6.45, 7) is 15.6. The summed E-state index contributed by atoms with van der Waals surface area (Å²) < 4.78 is 17.2. The summed E-state index contributed by atoms with van der Waals surface area (Å²) in [4.78, 5) is 11.9. The maximum Gasteiger partial charge on any atom is 0.305 e. The molecule has 0 aliphatic heterocycles. The molecule has 12 atom stereocenters. The van der Waals surface area contributed by atoms with Gasteiger partial charge in [0.2, 0.25) is 0 Å². The van der Waals surface area contributed by atoms with Crippen LogP contribution in [0.1, 0.15) is 99.3 Å². The summed E-state index contributed by atoms with van der Waals surface area (Å²) in [7, 11) is 3.28. The van der Waals surface area contributed by atoms with Gasteiger partial charge in [-0.3, -0.25) is 4.79 Å². The van der Waals surface area contributed by atoms with Gasteiger partial charge in [0.15, 0.2) is 0 Å². The Kier molecular flexibility index (Phi) is 8.33. The molecule has 202 valence electrons. The molecule has 0 radical (unpaired) electrons. The van der Waals surface area contributed by atoms with Crippen LogP contribution < -0.4 is 0 Å². The minimum Gasteiger partial charge on any atom is -0.469 e. The number of hydrogen-bond acceptors (Lipinski definition) is 4. The predicted molar refractivity (Wildman–Crippen MR) is 141 cm³/mol. The fraction of sp³-hybridized carbons (Fsp3) is 0.968. The van der Waals surface area contributed by atoms with Gasteiger partial charge in [-0.05, 0) is 103 Å². The summed E-state index contributed by atoms with van der Waals surface area (Å²) in [5.41, 5.74) is 0.754. The smallest absolute Gasteiger partial charge is 0.305 e. The molecule has 4 nitrogen and oxygen atoms in total. The maximum atomic E-state index is 11.9. The highest BCUT2D eigenvalue weighted by Gasteiger charge is 2.66. The Morgan fingerprint density at radius 1 is 1.03 bits per heavy atom. The van der Waals surface area contributed by atoms with E-state index in [2.05, 4.69) is 41.5 Å². The van der Waals surface area contributed by atoms with Crippen LogP contribution in [0.25, 0.3) is 0 Å². The average Bonchev–Trinajstić information content (AvgIpc) is 3.20. The van der Waals surface area contributed by atoms with Crippen molar-refractivity contribution in [2.75, 3.05) is 21.0 Å². The van der Waals surface area contributed by atoms with Crippen molar-refractivity contribution in [1.82, 2.24) is 0 Å². The van der Waals surface area contributed by atoms with Gasteiger partial charge in [-0.1, -0.05) is 54.4 Å². The summed E-state index contributed by atoms with van der Waals surface area (Å²) in [5.74, 6) is 6.18. The number of esters is 1. The van der Waals surface area contributed by atoms with Crippen LogP contribution in [-0.4, -0.2) is 33.1 Å². The van der Waals surface area contributed by atoms with Crippen molar-refractivity contribution in [2.24, 2.45) is 64.1 Å². The lowest BCUT2D eigenvalue weighted by Crippen LogP contribution is -2.63. The predicted octanol–water partition coefficient (Wildman–Crippen LogP) is 7.35. The zero-order chi connectivity index (χ0) is 25.5. The summed E-state index contributed by atoms with van der Waals surface area (Å²) in [5, 5.41) is 0. The van der Waals surface area contributed by atoms with E-state index in [9.17, 15) is 4.79 Å². The second kappa shape index (κ2) is 10.6. The molecule has 4 aliphatic rings. The van der Waals surface area contributed by atoms with Crippen molar-refractivity contribution in [3.63, 3.8) is 0 Å². The highest BCUT2D eigenvalue weighted by Crippen LogP contribution is 2.71. The van der Waals surface area contributed by atoms with Crippen LogP contribution in [0.4, 0.5) is 0 Å². The molecule has 0 spiro atoms. The third-order valence-electron chi connectivity index (χ3n) is 12.4. The number of methoxy groups -OCH3 is 2. The van der Waals surface area contributed by atoms with E-state index in [4.69, 9.17) is 14.2 Å². The number of hydrogen-bond donors (Lipinski definition) is 0. The molecule has 0 amide bonds. The molecule has 6 unspecified atom stereocenters. The molecule has 0 heterocycles. The van der Waals surface area contributed by atoms with Crippen LogP contribution in [0, 0.1) is 64.1 Å². The summed E-state index contributed by atoms with van der Waals surface area (Å²) in [6.07, 6.45) is 11.1. The van der Waals surface area contributed by atoms with Gasteiger partial charge in [0.25, 0.3) is 0 Å². The number of fused-ring (bicyclic) bond motifs is 5. The van der Waals surface area contributed by atoms with Gasteiger partial charge in [0.05, 0.1) is 13.2 Å². The molecule has 4 aliphatic carbocycles. The summed E-state index contributed by atoms with van der Waals surface area (Å²) >= 11 is 0. The van der Waals surface area contributed by atoms with Crippen molar-refractivity contribution in [1.29, 1.82) is 0 Å². The molecule has 0 aromatic carbocycles. The highest BCUT2D eigenvalue weighted by atomic mass is 16.7. The highest BCUT2D eigenvalue weighted by molar-refractivity contribution is 5.69. The monoisotopic (exact) mass is 490 g/mol. The molecule has 0 N–H and O–H groups in total. The largest absolute Gasteiger partial charge is 0.469 e.